The minimum Gasteiger partial charge on any atom is -0.207 e. The molecule has 0 aliphatic heterocycles. The van der Waals surface area contributed by atoms with E-state index < -0.39 is 17.5 Å². The second-order valence-electron chi connectivity index (χ2n) is 3.91. The summed E-state index contributed by atoms with van der Waals surface area (Å²) in [5, 5.41) is 8.91. The molecule has 0 amide bonds. The molecule has 0 saturated heterocycles. The van der Waals surface area contributed by atoms with Gasteiger partial charge in [-0.25, -0.2) is 13.2 Å². The highest BCUT2D eigenvalue weighted by atomic mass is 19.1. The molecule has 2 aromatic carbocycles. The zero-order valence-corrected chi connectivity index (χ0v) is 9.47. The van der Waals surface area contributed by atoms with Gasteiger partial charge in [0.15, 0.2) is 0 Å². The van der Waals surface area contributed by atoms with Crippen molar-refractivity contribution in [1.29, 1.82) is 5.26 Å². The first-order valence-electron chi connectivity index (χ1n) is 5.18. The summed E-state index contributed by atoms with van der Waals surface area (Å²) in [7, 11) is 0. The molecule has 0 aromatic heterocycles. The van der Waals surface area contributed by atoms with Crippen LogP contribution in [0.15, 0.2) is 30.3 Å². The monoisotopic (exact) mass is 247 g/mol. The molecular formula is C14H8F3N. The van der Waals surface area contributed by atoms with Crippen molar-refractivity contribution in [3.63, 3.8) is 0 Å². The van der Waals surface area contributed by atoms with Gasteiger partial charge in [-0.15, -0.1) is 0 Å². The van der Waals surface area contributed by atoms with E-state index in [1.165, 1.54) is 12.1 Å². The second-order valence-corrected chi connectivity index (χ2v) is 3.91. The Kier molecular flexibility index (Phi) is 3.07. The third kappa shape index (κ3) is 2.07. The number of nitrogens with zero attached hydrogens (tertiary/aromatic N) is 1. The van der Waals surface area contributed by atoms with Crippen LogP contribution in [-0.2, 0) is 0 Å². The maximum absolute atomic E-state index is 13.6. The lowest BCUT2D eigenvalue weighted by molar-refractivity contribution is 0.602. The van der Waals surface area contributed by atoms with Gasteiger partial charge >= 0.3 is 0 Å². The van der Waals surface area contributed by atoms with Crippen LogP contribution >= 0.6 is 0 Å². The summed E-state index contributed by atoms with van der Waals surface area (Å²) in [5.41, 5.74) is 0.191. The molecule has 18 heavy (non-hydrogen) atoms. The highest BCUT2D eigenvalue weighted by Crippen LogP contribution is 2.29. The Morgan fingerprint density at radius 3 is 2.33 bits per heavy atom. The van der Waals surface area contributed by atoms with E-state index in [0.29, 0.717) is 5.56 Å². The van der Waals surface area contributed by atoms with E-state index in [1.54, 1.807) is 13.0 Å². The van der Waals surface area contributed by atoms with E-state index in [1.807, 2.05) is 0 Å². The number of nitriles is 1. The van der Waals surface area contributed by atoms with Crippen molar-refractivity contribution in [2.75, 3.05) is 0 Å². The fourth-order valence-corrected chi connectivity index (χ4v) is 1.77. The van der Waals surface area contributed by atoms with Gasteiger partial charge in [-0.2, -0.15) is 5.26 Å². The normalized spacial score (nSPS) is 10.2. The van der Waals surface area contributed by atoms with Gasteiger partial charge < -0.3 is 0 Å². The maximum Gasteiger partial charge on any atom is 0.141 e. The fraction of sp³-hybridized carbons (Fsp3) is 0.0714. The Balaban J connectivity index is 2.78. The van der Waals surface area contributed by atoms with Crippen molar-refractivity contribution in [2.24, 2.45) is 0 Å². The van der Waals surface area contributed by atoms with Crippen molar-refractivity contribution < 1.29 is 13.2 Å². The van der Waals surface area contributed by atoms with E-state index in [-0.39, 0.29) is 16.7 Å². The van der Waals surface area contributed by atoms with Crippen LogP contribution in [0.3, 0.4) is 0 Å². The number of aryl methyl sites for hydroxylation is 1. The Bertz CT molecular complexity index is 657. The van der Waals surface area contributed by atoms with Crippen molar-refractivity contribution in [2.45, 2.75) is 6.92 Å². The van der Waals surface area contributed by atoms with Gasteiger partial charge in [0.05, 0.1) is 5.56 Å². The third-order valence-corrected chi connectivity index (χ3v) is 2.56. The molecule has 0 saturated carbocycles. The highest BCUT2D eigenvalue weighted by molar-refractivity contribution is 5.72. The van der Waals surface area contributed by atoms with Crippen LogP contribution in [0.1, 0.15) is 11.1 Å². The lowest BCUT2D eigenvalue weighted by Crippen LogP contribution is -1.94. The molecule has 0 heterocycles. The molecule has 90 valence electrons. The first kappa shape index (κ1) is 12.2. The molecule has 0 aliphatic carbocycles. The lowest BCUT2D eigenvalue weighted by Gasteiger charge is -2.08. The molecule has 0 atom stereocenters. The van der Waals surface area contributed by atoms with E-state index in [2.05, 4.69) is 0 Å². The molecule has 0 spiro atoms. The van der Waals surface area contributed by atoms with Crippen molar-refractivity contribution >= 4 is 0 Å². The Morgan fingerprint density at radius 2 is 1.67 bits per heavy atom. The summed E-state index contributed by atoms with van der Waals surface area (Å²) in [6.07, 6.45) is 0. The summed E-state index contributed by atoms with van der Waals surface area (Å²) < 4.78 is 40.4. The second kappa shape index (κ2) is 4.53. The van der Waals surface area contributed by atoms with Crippen LogP contribution in [0.2, 0.25) is 0 Å². The van der Waals surface area contributed by atoms with E-state index in [0.717, 1.165) is 18.2 Å². The van der Waals surface area contributed by atoms with Crippen molar-refractivity contribution in [3.05, 3.63) is 58.9 Å². The average molecular weight is 247 g/mol. The summed E-state index contributed by atoms with van der Waals surface area (Å²) in [6, 6.07) is 7.18. The molecule has 2 rings (SSSR count). The summed E-state index contributed by atoms with van der Waals surface area (Å²) in [5.74, 6) is -2.08. The average Bonchev–Trinajstić information content (AvgIpc) is 2.31. The Labute approximate surface area is 102 Å². The Hall–Kier alpha value is -2.28. The molecule has 0 aliphatic rings. The van der Waals surface area contributed by atoms with Gasteiger partial charge in [-0.1, -0.05) is 0 Å². The van der Waals surface area contributed by atoms with Crippen LogP contribution in [0.4, 0.5) is 13.2 Å². The molecule has 0 bridgehead atoms. The first-order valence-corrected chi connectivity index (χ1v) is 5.18. The molecule has 2 aromatic rings. The van der Waals surface area contributed by atoms with Gasteiger partial charge in [-0.3, -0.25) is 0 Å². The SMILES string of the molecule is Cc1cc(F)c(C#N)c(-c2cc(F)ccc2F)c1. The number of rotatable bonds is 1. The summed E-state index contributed by atoms with van der Waals surface area (Å²) in [6.45, 7) is 1.62. The number of hydrogen-bond acceptors (Lipinski definition) is 1. The smallest absolute Gasteiger partial charge is 0.141 e. The highest BCUT2D eigenvalue weighted by Gasteiger charge is 2.15. The van der Waals surface area contributed by atoms with E-state index in [9.17, 15) is 13.2 Å². The van der Waals surface area contributed by atoms with Crippen molar-refractivity contribution in [1.82, 2.24) is 0 Å². The lowest BCUT2D eigenvalue weighted by atomic mass is 9.97. The Morgan fingerprint density at radius 1 is 0.944 bits per heavy atom. The van der Waals surface area contributed by atoms with Gasteiger partial charge in [0.25, 0.3) is 0 Å². The van der Waals surface area contributed by atoms with Gasteiger partial charge in [0, 0.05) is 11.1 Å². The molecule has 1 nitrogen and oxygen atoms in total. The number of benzene rings is 2. The molecule has 0 unspecified atom stereocenters. The van der Waals surface area contributed by atoms with Gasteiger partial charge in [0.2, 0.25) is 0 Å². The predicted octanol–water partition coefficient (Wildman–Crippen LogP) is 3.95. The van der Waals surface area contributed by atoms with Crippen LogP contribution in [0.5, 0.6) is 0 Å². The molecule has 0 N–H and O–H groups in total. The molecular weight excluding hydrogens is 239 g/mol. The summed E-state index contributed by atoms with van der Waals surface area (Å²) in [4.78, 5) is 0. The molecule has 4 heteroatoms. The molecule has 0 radical (unpaired) electrons. The third-order valence-electron chi connectivity index (χ3n) is 2.56. The zero-order chi connectivity index (χ0) is 13.3. The maximum atomic E-state index is 13.6. The standard InChI is InChI=1S/C14H8F3N/c1-8-4-10(12(7-18)14(17)5-8)11-6-9(15)2-3-13(11)16/h2-6H,1H3. The quantitative estimate of drug-likeness (QED) is 0.748. The zero-order valence-electron chi connectivity index (χ0n) is 9.47. The number of halogens is 3. The number of hydrogen-bond donors (Lipinski definition) is 0. The van der Waals surface area contributed by atoms with Crippen LogP contribution in [-0.4, -0.2) is 0 Å². The van der Waals surface area contributed by atoms with Crippen molar-refractivity contribution in [3.8, 4) is 17.2 Å². The van der Waals surface area contributed by atoms with Gasteiger partial charge in [0.1, 0.15) is 23.5 Å². The van der Waals surface area contributed by atoms with Crippen LogP contribution in [0.25, 0.3) is 11.1 Å². The topological polar surface area (TPSA) is 23.8 Å². The predicted molar refractivity (Wildman–Crippen MR) is 61.2 cm³/mol. The first-order chi connectivity index (χ1) is 8.52. The fourth-order valence-electron chi connectivity index (χ4n) is 1.77. The minimum absolute atomic E-state index is 0.0620. The summed E-state index contributed by atoms with van der Waals surface area (Å²) >= 11 is 0. The van der Waals surface area contributed by atoms with Gasteiger partial charge in [-0.05, 0) is 42.8 Å². The van der Waals surface area contributed by atoms with Crippen LogP contribution < -0.4 is 0 Å². The van der Waals surface area contributed by atoms with E-state index >= 15 is 0 Å². The van der Waals surface area contributed by atoms with Crippen LogP contribution in [0, 0.1) is 35.7 Å². The largest absolute Gasteiger partial charge is 0.207 e. The molecule has 0 fully saturated rings. The minimum atomic E-state index is -0.740. The van der Waals surface area contributed by atoms with E-state index in [4.69, 9.17) is 5.26 Å².